The van der Waals surface area contributed by atoms with Gasteiger partial charge in [-0.05, 0) is 25.0 Å². The predicted octanol–water partition coefficient (Wildman–Crippen LogP) is 2.76. The fourth-order valence-electron chi connectivity index (χ4n) is 3.05. The van der Waals surface area contributed by atoms with Gasteiger partial charge >= 0.3 is 0 Å². The molecule has 1 aromatic carbocycles. The molecule has 1 aliphatic heterocycles. The van der Waals surface area contributed by atoms with Gasteiger partial charge in [0.1, 0.15) is 5.75 Å². The zero-order valence-electron chi connectivity index (χ0n) is 15.9. The Hall–Kier alpha value is -3.26. The van der Waals surface area contributed by atoms with Crippen LogP contribution in [0.25, 0.3) is 11.3 Å². The first-order chi connectivity index (χ1) is 13.6. The van der Waals surface area contributed by atoms with Crippen molar-refractivity contribution in [3.8, 4) is 22.9 Å². The van der Waals surface area contributed by atoms with Gasteiger partial charge in [-0.15, -0.1) is 0 Å². The van der Waals surface area contributed by atoms with Crippen molar-refractivity contribution in [3.05, 3.63) is 47.8 Å². The van der Waals surface area contributed by atoms with Crippen molar-refractivity contribution in [1.82, 2.24) is 19.9 Å². The van der Waals surface area contributed by atoms with Gasteiger partial charge in [-0.3, -0.25) is 0 Å². The van der Waals surface area contributed by atoms with Gasteiger partial charge in [-0.2, -0.15) is 4.98 Å². The summed E-state index contributed by atoms with van der Waals surface area (Å²) in [5.74, 6) is 2.09. The van der Waals surface area contributed by atoms with E-state index in [2.05, 4.69) is 19.9 Å². The molecule has 0 atom stereocenters. The highest BCUT2D eigenvalue weighted by Crippen LogP contribution is 2.31. The average Bonchev–Trinajstić information content (AvgIpc) is 2.72. The number of benzene rings is 1. The van der Waals surface area contributed by atoms with Gasteiger partial charge in [0.05, 0.1) is 18.9 Å². The summed E-state index contributed by atoms with van der Waals surface area (Å²) >= 11 is 0. The number of ether oxygens (including phenoxy) is 2. The zero-order chi connectivity index (χ0) is 19.5. The lowest BCUT2D eigenvalue weighted by atomic mass is 10.1. The zero-order valence-corrected chi connectivity index (χ0v) is 15.9. The number of hydrogen-bond acceptors (Lipinski definition) is 8. The summed E-state index contributed by atoms with van der Waals surface area (Å²) in [6.07, 6.45) is 3.30. The Bertz CT molecular complexity index is 951. The van der Waals surface area contributed by atoms with Crippen LogP contribution in [-0.4, -0.2) is 46.2 Å². The van der Waals surface area contributed by atoms with Crippen LogP contribution in [0.4, 0.5) is 11.9 Å². The average molecular weight is 378 g/mol. The highest BCUT2D eigenvalue weighted by Gasteiger charge is 2.18. The van der Waals surface area contributed by atoms with Crippen LogP contribution in [0.1, 0.15) is 11.1 Å². The molecule has 0 saturated carbocycles. The summed E-state index contributed by atoms with van der Waals surface area (Å²) in [4.78, 5) is 19.6. The number of aromatic nitrogens is 4. The summed E-state index contributed by atoms with van der Waals surface area (Å²) in [5.41, 5.74) is 9.13. The highest BCUT2D eigenvalue weighted by molar-refractivity contribution is 5.61. The van der Waals surface area contributed by atoms with Crippen LogP contribution < -0.4 is 15.4 Å². The molecule has 1 aliphatic rings. The third kappa shape index (κ3) is 3.86. The standard InChI is InChI=1S/C20H22N6O2/c1-13-4-3-5-14(2)18(13)28-17-10-16(15-11-22-19(21)23-12-15)24-20(25-17)26-6-8-27-9-7-26/h3-5,10-12H,6-9H2,1-2H3,(H2,21,22,23). The first kappa shape index (κ1) is 18.1. The Morgan fingerprint density at radius 1 is 1.04 bits per heavy atom. The fourth-order valence-corrected chi connectivity index (χ4v) is 3.05. The van der Waals surface area contributed by atoms with Crippen molar-refractivity contribution in [2.24, 2.45) is 0 Å². The number of anilines is 2. The van der Waals surface area contributed by atoms with Crippen molar-refractivity contribution in [2.45, 2.75) is 13.8 Å². The number of aryl methyl sites for hydroxylation is 2. The molecule has 3 heterocycles. The number of nitrogens with zero attached hydrogens (tertiary/aromatic N) is 5. The molecule has 0 unspecified atom stereocenters. The fraction of sp³-hybridized carbons (Fsp3) is 0.300. The lowest BCUT2D eigenvalue weighted by Gasteiger charge is -2.27. The normalized spacial score (nSPS) is 14.1. The van der Waals surface area contributed by atoms with E-state index in [0.717, 1.165) is 35.5 Å². The summed E-state index contributed by atoms with van der Waals surface area (Å²) in [5, 5.41) is 0. The Balaban J connectivity index is 1.76. The number of nitrogens with two attached hydrogens (primary N) is 1. The second-order valence-corrected chi connectivity index (χ2v) is 6.64. The van der Waals surface area contributed by atoms with E-state index in [1.54, 1.807) is 18.5 Å². The maximum atomic E-state index is 6.18. The number of para-hydroxylation sites is 1. The third-order valence-corrected chi connectivity index (χ3v) is 4.57. The largest absolute Gasteiger partial charge is 0.438 e. The molecule has 1 fully saturated rings. The molecule has 8 heteroatoms. The van der Waals surface area contributed by atoms with Crippen LogP contribution >= 0.6 is 0 Å². The predicted molar refractivity (Wildman–Crippen MR) is 106 cm³/mol. The molecule has 0 spiro atoms. The van der Waals surface area contributed by atoms with E-state index in [9.17, 15) is 0 Å². The number of nitrogen functional groups attached to an aromatic ring is 1. The summed E-state index contributed by atoms with van der Waals surface area (Å²) in [6.45, 7) is 6.77. The minimum absolute atomic E-state index is 0.221. The second-order valence-electron chi connectivity index (χ2n) is 6.64. The van der Waals surface area contributed by atoms with Crippen molar-refractivity contribution in [1.29, 1.82) is 0 Å². The summed E-state index contributed by atoms with van der Waals surface area (Å²) < 4.78 is 11.6. The van der Waals surface area contributed by atoms with Gasteiger partial charge in [0, 0.05) is 37.1 Å². The smallest absolute Gasteiger partial charge is 0.229 e. The minimum Gasteiger partial charge on any atom is -0.438 e. The Kier molecular flexibility index (Phi) is 5.03. The van der Waals surface area contributed by atoms with Gasteiger partial charge in [0.15, 0.2) is 0 Å². The molecule has 144 valence electrons. The summed E-state index contributed by atoms with van der Waals surface area (Å²) in [6, 6.07) is 7.83. The van der Waals surface area contributed by atoms with E-state index < -0.39 is 0 Å². The first-order valence-electron chi connectivity index (χ1n) is 9.14. The van der Waals surface area contributed by atoms with Crippen molar-refractivity contribution >= 4 is 11.9 Å². The molecule has 28 heavy (non-hydrogen) atoms. The first-order valence-corrected chi connectivity index (χ1v) is 9.14. The second kappa shape index (κ2) is 7.77. The highest BCUT2D eigenvalue weighted by atomic mass is 16.5. The monoisotopic (exact) mass is 378 g/mol. The van der Waals surface area contributed by atoms with E-state index in [1.807, 2.05) is 32.0 Å². The molecule has 4 rings (SSSR count). The number of rotatable bonds is 4. The Morgan fingerprint density at radius 3 is 2.39 bits per heavy atom. The molecule has 3 aromatic rings. The van der Waals surface area contributed by atoms with Gasteiger partial charge in [0.2, 0.25) is 17.8 Å². The van der Waals surface area contributed by atoms with E-state index in [1.165, 1.54) is 0 Å². The van der Waals surface area contributed by atoms with Crippen LogP contribution in [0, 0.1) is 13.8 Å². The molecule has 2 aromatic heterocycles. The SMILES string of the molecule is Cc1cccc(C)c1Oc1cc(-c2cnc(N)nc2)nc(N2CCOCC2)n1. The maximum absolute atomic E-state index is 6.18. The van der Waals surface area contributed by atoms with Gasteiger partial charge in [-0.1, -0.05) is 18.2 Å². The van der Waals surface area contributed by atoms with E-state index in [4.69, 9.17) is 20.2 Å². The molecule has 8 nitrogen and oxygen atoms in total. The van der Waals surface area contributed by atoms with Gasteiger partial charge in [-0.25, -0.2) is 15.0 Å². The van der Waals surface area contributed by atoms with Gasteiger partial charge < -0.3 is 20.1 Å². The molecule has 2 N–H and O–H groups in total. The van der Waals surface area contributed by atoms with Crippen molar-refractivity contribution in [2.75, 3.05) is 36.9 Å². The lowest BCUT2D eigenvalue weighted by Crippen LogP contribution is -2.37. The van der Waals surface area contributed by atoms with Crippen LogP contribution in [0.5, 0.6) is 11.6 Å². The van der Waals surface area contributed by atoms with E-state index >= 15 is 0 Å². The quantitative estimate of drug-likeness (QED) is 0.740. The van der Waals surface area contributed by atoms with Crippen LogP contribution in [0.2, 0.25) is 0 Å². The van der Waals surface area contributed by atoms with Crippen molar-refractivity contribution in [3.63, 3.8) is 0 Å². The number of morpholine rings is 1. The van der Waals surface area contributed by atoms with Crippen LogP contribution in [0.3, 0.4) is 0 Å². The lowest BCUT2D eigenvalue weighted by molar-refractivity contribution is 0.122. The molecule has 1 saturated heterocycles. The Morgan fingerprint density at radius 2 is 1.71 bits per heavy atom. The molecule has 0 radical (unpaired) electrons. The maximum Gasteiger partial charge on any atom is 0.229 e. The molecule has 0 amide bonds. The van der Waals surface area contributed by atoms with E-state index in [0.29, 0.717) is 30.7 Å². The third-order valence-electron chi connectivity index (χ3n) is 4.57. The molecular formula is C20H22N6O2. The van der Waals surface area contributed by atoms with Crippen LogP contribution in [0.15, 0.2) is 36.7 Å². The summed E-state index contributed by atoms with van der Waals surface area (Å²) in [7, 11) is 0. The molecular weight excluding hydrogens is 356 g/mol. The topological polar surface area (TPSA) is 99.3 Å². The van der Waals surface area contributed by atoms with E-state index in [-0.39, 0.29) is 5.95 Å². The van der Waals surface area contributed by atoms with Gasteiger partial charge in [0.25, 0.3) is 0 Å². The van der Waals surface area contributed by atoms with Crippen LogP contribution in [-0.2, 0) is 4.74 Å². The molecule has 0 aliphatic carbocycles. The number of hydrogen-bond donors (Lipinski definition) is 1. The minimum atomic E-state index is 0.221. The van der Waals surface area contributed by atoms with Crippen molar-refractivity contribution < 1.29 is 9.47 Å². The Labute approximate surface area is 163 Å². The molecule has 0 bridgehead atoms.